The van der Waals surface area contributed by atoms with E-state index in [1.54, 1.807) is 64.0 Å². The van der Waals surface area contributed by atoms with E-state index in [4.69, 9.17) is 52.1 Å². The molecule has 4 aromatic rings. The lowest BCUT2D eigenvalue weighted by Crippen LogP contribution is -2.53. The summed E-state index contributed by atoms with van der Waals surface area (Å²) in [4.78, 5) is 38.0. The zero-order chi connectivity index (χ0) is 50.6. The Morgan fingerprint density at radius 2 is 0.929 bits per heavy atom. The smallest absolute Gasteiger partial charge is 0.306 e. The Morgan fingerprint density at radius 3 is 1.33 bits per heavy atom. The van der Waals surface area contributed by atoms with Crippen LogP contribution >= 0.6 is 0 Å². The molecule has 0 amide bonds. The highest BCUT2D eigenvalue weighted by atomic mass is 16.6. The molecule has 2 heterocycles. The monoisotopic (exact) mass is 972 g/mol. The number of fused-ring (bicyclic) bond motifs is 2. The number of ether oxygens (including phenoxy) is 11. The average molecular weight is 973 g/mol. The van der Waals surface area contributed by atoms with Gasteiger partial charge >= 0.3 is 11.9 Å². The third kappa shape index (κ3) is 11.4. The predicted molar refractivity (Wildman–Crippen MR) is 263 cm³/mol. The molecule has 0 saturated heterocycles. The number of hydrogen-bond donors (Lipinski definition) is 0. The van der Waals surface area contributed by atoms with Gasteiger partial charge in [-0.1, -0.05) is 12.1 Å². The molecule has 2 aliphatic rings. The predicted octanol–water partition coefficient (Wildman–Crippen LogP) is 7.50. The minimum atomic E-state index is -0.456. The van der Waals surface area contributed by atoms with Gasteiger partial charge < -0.3 is 61.1 Å². The maximum atomic E-state index is 13.0. The standard InChI is InChI=1S/C54H72N2O14/c1-55(24-20-37-32-45(63-6)51(65-8)53(67-10)49(37)40(55)29-35-14-16-42(60-3)39(28-35)34-57)22-12-26-69-47(58)18-19-48(59)70-27-13-23-56(2)25-21-38-33-46(64-7)52(66-9)54(68-11)50(38)41(56)30-36-15-17-43(61-4)44(31-36)62-5/h14-17,28,31-34,40-41H,12-13,18-27,29-30H2,1-11H3/q+2. The van der Waals surface area contributed by atoms with Crippen LogP contribution in [0, 0.1) is 0 Å². The Morgan fingerprint density at radius 1 is 0.514 bits per heavy atom. The molecule has 0 saturated carbocycles. The molecule has 0 spiro atoms. The molecule has 0 aromatic heterocycles. The molecule has 0 bridgehead atoms. The van der Waals surface area contributed by atoms with E-state index in [1.807, 2.05) is 42.5 Å². The molecule has 0 fully saturated rings. The van der Waals surface area contributed by atoms with Gasteiger partial charge in [0.25, 0.3) is 0 Å². The van der Waals surface area contributed by atoms with Crippen molar-refractivity contribution < 1.29 is 75.5 Å². The third-order valence-corrected chi connectivity index (χ3v) is 14.3. The molecule has 4 aromatic carbocycles. The van der Waals surface area contributed by atoms with Crippen LogP contribution in [0.25, 0.3) is 0 Å². The second kappa shape index (κ2) is 24.0. The molecule has 70 heavy (non-hydrogen) atoms. The Balaban J connectivity index is 1.06. The fraction of sp³-hybridized carbons (Fsp3) is 0.500. The van der Waals surface area contributed by atoms with Gasteiger partial charge in [0.1, 0.15) is 17.8 Å². The van der Waals surface area contributed by atoms with E-state index in [-0.39, 0.29) is 38.1 Å². The molecule has 16 nitrogen and oxygen atoms in total. The van der Waals surface area contributed by atoms with E-state index in [1.165, 1.54) is 0 Å². The number of methoxy groups -OCH3 is 9. The number of nitrogens with zero attached hydrogens (tertiary/aromatic N) is 2. The Bertz CT molecular complexity index is 2480. The van der Waals surface area contributed by atoms with Crippen LogP contribution in [0.4, 0.5) is 0 Å². The summed E-state index contributed by atoms with van der Waals surface area (Å²) in [5, 5.41) is 0. The van der Waals surface area contributed by atoms with Crippen LogP contribution in [0.3, 0.4) is 0 Å². The summed E-state index contributed by atoms with van der Waals surface area (Å²) >= 11 is 0. The van der Waals surface area contributed by atoms with E-state index >= 15 is 0 Å². The summed E-state index contributed by atoms with van der Waals surface area (Å²) in [7, 11) is 18.9. The van der Waals surface area contributed by atoms with Crippen molar-refractivity contribution in [2.75, 3.05) is 117 Å². The molecule has 4 unspecified atom stereocenters. The van der Waals surface area contributed by atoms with Crippen molar-refractivity contribution >= 4 is 18.2 Å². The van der Waals surface area contributed by atoms with Crippen LogP contribution in [-0.2, 0) is 44.7 Å². The zero-order valence-electron chi connectivity index (χ0n) is 42.9. The van der Waals surface area contributed by atoms with E-state index in [0.717, 1.165) is 65.6 Å². The first-order chi connectivity index (χ1) is 33.8. The maximum Gasteiger partial charge on any atom is 0.306 e. The number of aldehydes is 1. The van der Waals surface area contributed by atoms with Gasteiger partial charge in [0.15, 0.2) is 40.8 Å². The van der Waals surface area contributed by atoms with Gasteiger partial charge in [-0.2, -0.15) is 0 Å². The quantitative estimate of drug-likeness (QED) is 0.0279. The minimum Gasteiger partial charge on any atom is -0.496 e. The number of carbonyl (C=O) groups is 3. The molecule has 0 N–H and O–H groups in total. The van der Waals surface area contributed by atoms with Crippen molar-refractivity contribution in [3.63, 3.8) is 0 Å². The van der Waals surface area contributed by atoms with Crippen LogP contribution in [0.2, 0.25) is 0 Å². The lowest BCUT2D eigenvalue weighted by atomic mass is 9.85. The summed E-state index contributed by atoms with van der Waals surface area (Å²) in [6.45, 7) is 3.42. The summed E-state index contributed by atoms with van der Waals surface area (Å²) in [5.41, 5.74) is 6.81. The number of rotatable bonds is 25. The number of esters is 2. The van der Waals surface area contributed by atoms with E-state index in [2.05, 4.69) is 20.2 Å². The molecular weight excluding hydrogens is 901 g/mol. The van der Waals surface area contributed by atoms with Crippen LogP contribution in [0.15, 0.2) is 48.5 Å². The summed E-state index contributed by atoms with van der Waals surface area (Å²) in [6, 6.07) is 15.5. The second-order valence-electron chi connectivity index (χ2n) is 18.3. The topological polar surface area (TPSA) is 153 Å². The second-order valence-corrected chi connectivity index (χ2v) is 18.3. The van der Waals surface area contributed by atoms with E-state index in [9.17, 15) is 14.4 Å². The van der Waals surface area contributed by atoms with Crippen molar-refractivity contribution in [1.82, 2.24) is 0 Å². The molecule has 6 rings (SSSR count). The number of hydrogen-bond acceptors (Lipinski definition) is 14. The molecule has 0 radical (unpaired) electrons. The highest BCUT2D eigenvalue weighted by molar-refractivity contribution is 5.80. The minimum absolute atomic E-state index is 0.0520. The first-order valence-electron chi connectivity index (χ1n) is 23.8. The van der Waals surface area contributed by atoms with E-state index in [0.29, 0.717) is 105 Å². The normalized spacial score (nSPS) is 19.1. The number of quaternary nitrogens is 2. The third-order valence-electron chi connectivity index (χ3n) is 14.3. The molecule has 0 aliphatic carbocycles. The molecule has 4 atom stereocenters. The zero-order valence-corrected chi connectivity index (χ0v) is 42.9. The fourth-order valence-electron chi connectivity index (χ4n) is 10.5. The number of likely N-dealkylation sites (N-methyl/N-ethyl adjacent to an activating group) is 2. The van der Waals surface area contributed by atoms with Crippen molar-refractivity contribution in [3.05, 3.63) is 87.5 Å². The van der Waals surface area contributed by atoms with Crippen molar-refractivity contribution in [2.24, 2.45) is 0 Å². The summed E-state index contributed by atoms with van der Waals surface area (Å²) < 4.78 is 64.4. The Labute approximate surface area is 412 Å². The Kier molecular flexibility index (Phi) is 18.1. The van der Waals surface area contributed by atoms with E-state index < -0.39 is 11.9 Å². The van der Waals surface area contributed by atoms with Crippen molar-refractivity contribution in [1.29, 1.82) is 0 Å². The summed E-state index contributed by atoms with van der Waals surface area (Å²) in [5.74, 6) is 4.43. The molecule has 2 aliphatic heterocycles. The maximum absolute atomic E-state index is 13.0. The Hall–Kier alpha value is -6.39. The first-order valence-corrected chi connectivity index (χ1v) is 23.8. The first kappa shape index (κ1) is 53.0. The van der Waals surface area contributed by atoms with Gasteiger partial charge in [-0.05, 0) is 58.7 Å². The molecule has 16 heteroatoms. The van der Waals surface area contributed by atoms with Gasteiger partial charge in [0.05, 0.1) is 147 Å². The van der Waals surface area contributed by atoms with Crippen LogP contribution in [0.5, 0.6) is 51.7 Å². The molecule has 380 valence electrons. The van der Waals surface area contributed by atoms with Gasteiger partial charge in [-0.15, -0.1) is 0 Å². The van der Waals surface area contributed by atoms with Crippen molar-refractivity contribution in [2.45, 2.75) is 63.5 Å². The van der Waals surface area contributed by atoms with Crippen LogP contribution in [-0.4, -0.2) is 145 Å². The highest BCUT2D eigenvalue weighted by Crippen LogP contribution is 2.52. The molecular formula is C54H72N2O14+2. The van der Waals surface area contributed by atoms with Crippen LogP contribution < -0.4 is 42.6 Å². The van der Waals surface area contributed by atoms with Gasteiger partial charge in [0, 0.05) is 38.5 Å². The van der Waals surface area contributed by atoms with Gasteiger partial charge in [-0.3, -0.25) is 14.4 Å². The van der Waals surface area contributed by atoms with Crippen LogP contribution in [0.1, 0.15) is 81.5 Å². The van der Waals surface area contributed by atoms with Gasteiger partial charge in [0.2, 0.25) is 11.5 Å². The lowest BCUT2D eigenvalue weighted by Gasteiger charge is -2.46. The number of carbonyl (C=O) groups excluding carboxylic acids is 3. The fourth-order valence-corrected chi connectivity index (χ4v) is 10.5. The van der Waals surface area contributed by atoms with Gasteiger partial charge in [-0.25, -0.2) is 0 Å². The number of benzene rings is 4. The largest absolute Gasteiger partial charge is 0.496 e. The summed E-state index contributed by atoms with van der Waals surface area (Å²) in [6.07, 6.45) is 4.62. The lowest BCUT2D eigenvalue weighted by molar-refractivity contribution is -0.941. The highest BCUT2D eigenvalue weighted by Gasteiger charge is 2.44. The average Bonchev–Trinajstić information content (AvgIpc) is 3.38. The van der Waals surface area contributed by atoms with Crippen molar-refractivity contribution in [3.8, 4) is 51.7 Å². The SMILES string of the molecule is COc1ccc(CC2c3c(cc(OC)c(OC)c3OC)CC[N+]2(C)CCCOC(=O)CCC(=O)OCCC[N+]2(C)CCc3cc(OC)c(OC)c(OC)c3C2Cc2ccc(OC)c(OC)c2)cc1C=O.